The summed E-state index contributed by atoms with van der Waals surface area (Å²) in [4.78, 5) is 38.7. The first-order valence-electron chi connectivity index (χ1n) is 11.7. The number of benzene rings is 4. The van der Waals surface area contributed by atoms with Crippen LogP contribution in [0.4, 0.5) is 24.5 Å². The van der Waals surface area contributed by atoms with E-state index in [1.54, 1.807) is 30.3 Å². The molecule has 200 valence electrons. The van der Waals surface area contributed by atoms with Crippen LogP contribution in [0.2, 0.25) is 0 Å². The van der Waals surface area contributed by atoms with E-state index in [9.17, 15) is 37.8 Å². The van der Waals surface area contributed by atoms with Crippen molar-refractivity contribution in [1.82, 2.24) is 0 Å². The zero-order valence-corrected chi connectivity index (χ0v) is 20.3. The van der Waals surface area contributed by atoms with Crippen molar-refractivity contribution in [1.29, 1.82) is 0 Å². The second-order valence-corrected chi connectivity index (χ2v) is 8.70. The Morgan fingerprint density at radius 2 is 1.45 bits per heavy atom. The van der Waals surface area contributed by atoms with Gasteiger partial charge in [-0.15, -0.1) is 0 Å². The van der Waals surface area contributed by atoms with Crippen LogP contribution in [0.1, 0.15) is 31.8 Å². The zero-order chi connectivity index (χ0) is 28.6. The lowest BCUT2D eigenvalue weighted by Gasteiger charge is -2.28. The van der Waals surface area contributed by atoms with Crippen LogP contribution in [0, 0.1) is 0 Å². The smallest absolute Gasteiger partial charge is 0.416 e. The molecule has 0 radical (unpaired) electrons. The average Bonchev–Trinajstić information content (AvgIpc) is 2.93. The molecule has 4 aromatic carbocycles. The van der Waals surface area contributed by atoms with Crippen molar-refractivity contribution in [3.05, 3.63) is 113 Å². The number of fused-ring (bicyclic) bond motifs is 1. The van der Waals surface area contributed by atoms with E-state index in [0.29, 0.717) is 11.1 Å². The standard InChI is InChI=1S/C29H18F3N3O5/c30-29(31,32)18-11-13-19(14-12-18)35-26(37)22-8-2-1-7-21(22)24(27(35)38)34-33-23-10-4-9-20(25(23)36)16-5-3-6-17(15-16)28(39)40/h1-15,33,36H,(H,39,40)/b34-24-. The fraction of sp³-hybridized carbons (Fsp3) is 0.0345. The van der Waals surface area contributed by atoms with Gasteiger partial charge in [0.25, 0.3) is 11.8 Å². The summed E-state index contributed by atoms with van der Waals surface area (Å²) in [5, 5.41) is 24.4. The summed E-state index contributed by atoms with van der Waals surface area (Å²) in [5.74, 6) is -3.03. The van der Waals surface area contributed by atoms with Gasteiger partial charge in [0.1, 0.15) is 5.75 Å². The Morgan fingerprint density at radius 3 is 2.12 bits per heavy atom. The SMILES string of the molecule is O=C(O)c1cccc(-c2cccc(N/N=C3\C(=O)N(c4ccc(C(F)(F)F)cc4)C(=O)c4ccccc43)c2O)c1. The molecule has 0 atom stereocenters. The van der Waals surface area contributed by atoms with E-state index in [-0.39, 0.29) is 39.5 Å². The number of anilines is 2. The van der Waals surface area contributed by atoms with Crippen molar-refractivity contribution in [2.45, 2.75) is 6.18 Å². The van der Waals surface area contributed by atoms with E-state index in [0.717, 1.165) is 29.2 Å². The fourth-order valence-electron chi connectivity index (χ4n) is 4.25. The number of phenolic OH excluding ortho intramolecular Hbond substituents is 1. The first-order chi connectivity index (χ1) is 19.1. The van der Waals surface area contributed by atoms with Gasteiger partial charge in [-0.05, 0) is 54.1 Å². The molecule has 1 aliphatic heterocycles. The number of aromatic carboxylic acids is 1. The van der Waals surface area contributed by atoms with Gasteiger partial charge in [0.05, 0.1) is 28.1 Å². The van der Waals surface area contributed by atoms with E-state index >= 15 is 0 Å². The van der Waals surface area contributed by atoms with Crippen LogP contribution in [-0.4, -0.2) is 33.7 Å². The molecular formula is C29H18F3N3O5. The predicted molar refractivity (Wildman–Crippen MR) is 140 cm³/mol. The normalized spacial score (nSPS) is 14.3. The molecule has 0 saturated heterocycles. The largest absolute Gasteiger partial charge is 0.505 e. The van der Waals surface area contributed by atoms with Crippen LogP contribution in [-0.2, 0) is 11.0 Å². The quantitative estimate of drug-likeness (QED) is 0.166. The molecule has 4 aromatic rings. The molecule has 0 spiro atoms. The molecule has 11 heteroatoms. The Balaban J connectivity index is 1.53. The minimum absolute atomic E-state index is 0.0212. The van der Waals surface area contributed by atoms with Gasteiger partial charge >= 0.3 is 12.1 Å². The summed E-state index contributed by atoms with van der Waals surface area (Å²) in [6.07, 6.45) is -4.59. The number of hydrogen-bond donors (Lipinski definition) is 3. The molecule has 0 unspecified atom stereocenters. The van der Waals surface area contributed by atoms with Gasteiger partial charge in [-0.3, -0.25) is 15.0 Å². The number of nitrogens with one attached hydrogen (secondary N) is 1. The number of hydrazone groups is 1. The number of aromatic hydroxyl groups is 1. The van der Waals surface area contributed by atoms with Crippen molar-refractivity contribution in [2.75, 3.05) is 10.3 Å². The number of rotatable bonds is 5. The summed E-state index contributed by atoms with van der Waals surface area (Å²) in [6, 6.07) is 20.3. The number of halogens is 3. The summed E-state index contributed by atoms with van der Waals surface area (Å²) >= 11 is 0. The monoisotopic (exact) mass is 545 g/mol. The minimum Gasteiger partial charge on any atom is -0.505 e. The van der Waals surface area contributed by atoms with Crippen molar-refractivity contribution < 1.29 is 37.8 Å². The number of carboxylic acid groups (broad SMARTS) is 1. The van der Waals surface area contributed by atoms with E-state index in [1.165, 1.54) is 36.4 Å². The van der Waals surface area contributed by atoms with Crippen molar-refractivity contribution in [2.24, 2.45) is 5.10 Å². The maximum Gasteiger partial charge on any atom is 0.416 e. The number of hydrogen-bond acceptors (Lipinski definition) is 6. The van der Waals surface area contributed by atoms with Gasteiger partial charge in [-0.2, -0.15) is 18.3 Å². The van der Waals surface area contributed by atoms with Crippen molar-refractivity contribution in [3.63, 3.8) is 0 Å². The molecule has 8 nitrogen and oxygen atoms in total. The summed E-state index contributed by atoms with van der Waals surface area (Å²) in [7, 11) is 0. The van der Waals surface area contributed by atoms with Crippen LogP contribution in [0.15, 0.2) is 96.1 Å². The number of carbonyl (C=O) groups excluding carboxylic acids is 2. The third kappa shape index (κ3) is 4.75. The average molecular weight is 545 g/mol. The molecular weight excluding hydrogens is 527 g/mol. The Hall–Kier alpha value is -5.45. The van der Waals surface area contributed by atoms with Crippen LogP contribution in [0.5, 0.6) is 5.75 Å². The zero-order valence-electron chi connectivity index (χ0n) is 20.3. The van der Waals surface area contributed by atoms with Crippen LogP contribution in [0.25, 0.3) is 11.1 Å². The first kappa shape index (κ1) is 26.2. The molecule has 1 heterocycles. The van der Waals surface area contributed by atoms with Crippen molar-refractivity contribution in [3.8, 4) is 16.9 Å². The molecule has 0 fully saturated rings. The Kier molecular flexibility index (Phi) is 6.56. The maximum absolute atomic E-state index is 13.5. The van der Waals surface area contributed by atoms with E-state index in [1.807, 2.05) is 0 Å². The second-order valence-electron chi connectivity index (χ2n) is 8.70. The predicted octanol–water partition coefficient (Wildman–Crippen LogP) is 5.78. The molecule has 0 aliphatic carbocycles. The third-order valence-corrected chi connectivity index (χ3v) is 6.22. The van der Waals surface area contributed by atoms with Gasteiger partial charge in [0, 0.05) is 11.1 Å². The summed E-state index contributed by atoms with van der Waals surface area (Å²) in [5.41, 5.74) is 2.52. The third-order valence-electron chi connectivity index (χ3n) is 6.22. The minimum atomic E-state index is -4.59. The lowest BCUT2D eigenvalue weighted by atomic mass is 9.96. The molecule has 1 aliphatic rings. The molecule has 0 aromatic heterocycles. The number of alkyl halides is 3. The van der Waals surface area contributed by atoms with E-state index < -0.39 is 29.5 Å². The molecule has 0 bridgehead atoms. The van der Waals surface area contributed by atoms with Gasteiger partial charge < -0.3 is 10.2 Å². The highest BCUT2D eigenvalue weighted by Gasteiger charge is 2.38. The number of phenols is 1. The number of para-hydroxylation sites is 1. The molecule has 5 rings (SSSR count). The number of carboxylic acids is 1. The molecule has 2 amide bonds. The Labute approximate surface area is 224 Å². The van der Waals surface area contributed by atoms with Gasteiger partial charge in [0.15, 0.2) is 5.71 Å². The number of carbonyl (C=O) groups is 3. The van der Waals surface area contributed by atoms with Gasteiger partial charge in [0.2, 0.25) is 0 Å². The highest BCUT2D eigenvalue weighted by Crippen LogP contribution is 2.36. The Morgan fingerprint density at radius 1 is 0.800 bits per heavy atom. The topological polar surface area (TPSA) is 119 Å². The molecule has 40 heavy (non-hydrogen) atoms. The van der Waals surface area contributed by atoms with Crippen LogP contribution < -0.4 is 10.3 Å². The Bertz CT molecular complexity index is 1700. The number of nitrogens with zero attached hydrogens (tertiary/aromatic N) is 2. The maximum atomic E-state index is 13.5. The number of amides is 2. The van der Waals surface area contributed by atoms with Crippen LogP contribution >= 0.6 is 0 Å². The first-order valence-corrected chi connectivity index (χ1v) is 11.7. The van der Waals surface area contributed by atoms with Crippen molar-refractivity contribution >= 4 is 34.9 Å². The van der Waals surface area contributed by atoms with Gasteiger partial charge in [-0.1, -0.05) is 42.5 Å². The summed E-state index contributed by atoms with van der Waals surface area (Å²) < 4.78 is 39.1. The van der Waals surface area contributed by atoms with Crippen LogP contribution in [0.3, 0.4) is 0 Å². The highest BCUT2D eigenvalue weighted by molar-refractivity contribution is 6.57. The fourth-order valence-corrected chi connectivity index (χ4v) is 4.25. The van der Waals surface area contributed by atoms with Gasteiger partial charge in [-0.25, -0.2) is 9.69 Å². The second kappa shape index (κ2) is 10.0. The van der Waals surface area contributed by atoms with E-state index in [4.69, 9.17) is 0 Å². The number of imide groups is 1. The lowest BCUT2D eigenvalue weighted by molar-refractivity contribution is -0.137. The summed E-state index contributed by atoms with van der Waals surface area (Å²) in [6.45, 7) is 0. The highest BCUT2D eigenvalue weighted by atomic mass is 19.4. The lowest BCUT2D eigenvalue weighted by Crippen LogP contribution is -2.47. The van der Waals surface area contributed by atoms with E-state index in [2.05, 4.69) is 10.5 Å². The molecule has 3 N–H and O–H groups in total. The molecule has 0 saturated carbocycles.